The second-order valence-corrected chi connectivity index (χ2v) is 7.95. The second-order valence-electron chi connectivity index (χ2n) is 7.95. The Kier molecular flexibility index (Phi) is 8.72. The standard InChI is InChI=1S/C28H34O4/c1-5-10-20-16-26-24(13-8-4)28(32-19-22-18-31-22)21(11-6-2)17-25(26)23(12-7-3)27(20)30-15-9-14-29/h5-8,16-17,22,29H,1-4,9-15,18-19H2. The van der Waals surface area contributed by atoms with Crippen molar-refractivity contribution in [2.75, 3.05) is 26.4 Å². The Morgan fingerprint density at radius 3 is 1.78 bits per heavy atom. The first-order chi connectivity index (χ1) is 15.7. The smallest absolute Gasteiger partial charge is 0.127 e. The van der Waals surface area contributed by atoms with Crippen molar-refractivity contribution >= 4 is 10.8 Å². The molecule has 0 saturated carbocycles. The molecule has 0 radical (unpaired) electrons. The summed E-state index contributed by atoms with van der Waals surface area (Å²) in [6, 6.07) is 4.39. The molecule has 1 atom stereocenters. The zero-order valence-electron chi connectivity index (χ0n) is 18.9. The Bertz CT molecular complexity index is 985. The van der Waals surface area contributed by atoms with E-state index in [9.17, 15) is 5.11 Å². The van der Waals surface area contributed by atoms with Crippen LogP contribution in [0, 0.1) is 0 Å². The topological polar surface area (TPSA) is 51.2 Å². The van der Waals surface area contributed by atoms with E-state index in [0.717, 1.165) is 51.1 Å². The SMILES string of the molecule is C=CCc1cc2c(CC=C)c(OCC3CO3)c(CC=C)cc2c(CC=C)c1OCCCO. The fourth-order valence-electron chi connectivity index (χ4n) is 4.01. The number of rotatable bonds is 15. The number of allylic oxidation sites excluding steroid dienone is 4. The third kappa shape index (κ3) is 5.50. The maximum atomic E-state index is 9.22. The first kappa shape index (κ1) is 23.8. The third-order valence-corrected chi connectivity index (χ3v) is 5.50. The molecule has 0 spiro atoms. The lowest BCUT2D eigenvalue weighted by atomic mass is 9.89. The van der Waals surface area contributed by atoms with Crippen LogP contribution in [-0.4, -0.2) is 37.6 Å². The molecule has 1 fully saturated rings. The maximum absolute atomic E-state index is 9.22. The molecule has 3 rings (SSSR count). The number of aliphatic hydroxyl groups excluding tert-OH is 1. The molecule has 0 aromatic heterocycles. The van der Waals surface area contributed by atoms with Gasteiger partial charge in [0.05, 0.1) is 13.2 Å². The molecule has 170 valence electrons. The zero-order chi connectivity index (χ0) is 22.9. The van der Waals surface area contributed by atoms with Crippen LogP contribution in [0.5, 0.6) is 11.5 Å². The van der Waals surface area contributed by atoms with Gasteiger partial charge in [0.25, 0.3) is 0 Å². The van der Waals surface area contributed by atoms with E-state index in [1.165, 1.54) is 0 Å². The average Bonchev–Trinajstić information content (AvgIpc) is 3.61. The van der Waals surface area contributed by atoms with Crippen LogP contribution < -0.4 is 9.47 Å². The predicted molar refractivity (Wildman–Crippen MR) is 132 cm³/mol. The van der Waals surface area contributed by atoms with Gasteiger partial charge in [0, 0.05) is 24.2 Å². The van der Waals surface area contributed by atoms with Crippen LogP contribution in [0.2, 0.25) is 0 Å². The molecule has 1 aliphatic rings. The van der Waals surface area contributed by atoms with Crippen molar-refractivity contribution < 1.29 is 19.3 Å². The van der Waals surface area contributed by atoms with E-state index in [1.807, 2.05) is 24.3 Å². The Labute approximate surface area is 191 Å². The van der Waals surface area contributed by atoms with Gasteiger partial charge < -0.3 is 19.3 Å². The van der Waals surface area contributed by atoms with Gasteiger partial charge in [-0.2, -0.15) is 0 Å². The van der Waals surface area contributed by atoms with Crippen molar-refractivity contribution in [1.29, 1.82) is 0 Å². The summed E-state index contributed by atoms with van der Waals surface area (Å²) in [4.78, 5) is 0. The highest BCUT2D eigenvalue weighted by Gasteiger charge is 2.25. The van der Waals surface area contributed by atoms with Crippen LogP contribution in [0.15, 0.2) is 62.8 Å². The van der Waals surface area contributed by atoms with E-state index in [0.29, 0.717) is 45.3 Å². The molecular formula is C28H34O4. The normalized spacial score (nSPS) is 14.7. The molecule has 2 aromatic rings. The average molecular weight is 435 g/mol. The first-order valence-electron chi connectivity index (χ1n) is 11.2. The van der Waals surface area contributed by atoms with Crippen molar-refractivity contribution in [1.82, 2.24) is 0 Å². The van der Waals surface area contributed by atoms with Gasteiger partial charge in [-0.25, -0.2) is 0 Å². The zero-order valence-corrected chi connectivity index (χ0v) is 18.9. The van der Waals surface area contributed by atoms with Crippen LogP contribution in [-0.2, 0) is 30.4 Å². The van der Waals surface area contributed by atoms with Crippen LogP contribution in [0.4, 0.5) is 0 Å². The summed E-state index contributed by atoms with van der Waals surface area (Å²) >= 11 is 0. The van der Waals surface area contributed by atoms with E-state index in [-0.39, 0.29) is 12.7 Å². The van der Waals surface area contributed by atoms with Crippen LogP contribution in [0.3, 0.4) is 0 Å². The van der Waals surface area contributed by atoms with Crippen LogP contribution in [0.25, 0.3) is 10.8 Å². The summed E-state index contributed by atoms with van der Waals surface area (Å²) < 4.78 is 17.9. The quantitative estimate of drug-likeness (QED) is 0.235. The van der Waals surface area contributed by atoms with Crippen molar-refractivity contribution in [2.45, 2.75) is 38.2 Å². The molecule has 32 heavy (non-hydrogen) atoms. The summed E-state index contributed by atoms with van der Waals surface area (Å²) in [7, 11) is 0. The molecule has 0 aliphatic carbocycles. The van der Waals surface area contributed by atoms with E-state index < -0.39 is 0 Å². The molecule has 0 bridgehead atoms. The van der Waals surface area contributed by atoms with Gasteiger partial charge in [-0.1, -0.05) is 24.3 Å². The number of aliphatic hydroxyl groups is 1. The number of fused-ring (bicyclic) bond motifs is 1. The summed E-state index contributed by atoms with van der Waals surface area (Å²) in [5.41, 5.74) is 4.38. The highest BCUT2D eigenvalue weighted by molar-refractivity contribution is 5.94. The van der Waals surface area contributed by atoms with Gasteiger partial charge in [-0.05, 0) is 59.7 Å². The van der Waals surface area contributed by atoms with Crippen molar-refractivity contribution in [2.24, 2.45) is 0 Å². The largest absolute Gasteiger partial charge is 0.493 e. The number of hydrogen-bond donors (Lipinski definition) is 1. The minimum atomic E-state index is 0.0968. The summed E-state index contributed by atoms with van der Waals surface area (Å²) in [5.74, 6) is 1.76. The van der Waals surface area contributed by atoms with Crippen molar-refractivity contribution in [3.05, 3.63) is 85.0 Å². The summed E-state index contributed by atoms with van der Waals surface area (Å²) in [6.45, 7) is 17.7. The molecule has 1 saturated heterocycles. The first-order valence-corrected chi connectivity index (χ1v) is 11.2. The van der Waals surface area contributed by atoms with E-state index in [2.05, 4.69) is 38.4 Å². The van der Waals surface area contributed by atoms with Gasteiger partial charge in [-0.15, -0.1) is 26.3 Å². The third-order valence-electron chi connectivity index (χ3n) is 5.50. The van der Waals surface area contributed by atoms with Crippen LogP contribution in [0.1, 0.15) is 28.7 Å². The lowest BCUT2D eigenvalue weighted by Crippen LogP contribution is -2.10. The molecule has 1 N–H and O–H groups in total. The summed E-state index contributed by atoms with van der Waals surface area (Å²) in [6.07, 6.45) is 11.1. The molecule has 1 heterocycles. The second kappa shape index (κ2) is 11.7. The number of ether oxygens (including phenoxy) is 3. The fraction of sp³-hybridized carbons (Fsp3) is 0.357. The Balaban J connectivity index is 2.28. The Morgan fingerprint density at radius 1 is 0.844 bits per heavy atom. The fourth-order valence-corrected chi connectivity index (χ4v) is 4.01. The van der Waals surface area contributed by atoms with E-state index >= 15 is 0 Å². The van der Waals surface area contributed by atoms with E-state index in [4.69, 9.17) is 14.2 Å². The van der Waals surface area contributed by atoms with Crippen molar-refractivity contribution in [3.8, 4) is 11.5 Å². The lowest BCUT2D eigenvalue weighted by molar-refractivity contribution is 0.232. The maximum Gasteiger partial charge on any atom is 0.127 e. The molecule has 4 nitrogen and oxygen atoms in total. The van der Waals surface area contributed by atoms with Gasteiger partial charge in [0.15, 0.2) is 0 Å². The molecule has 2 aromatic carbocycles. The van der Waals surface area contributed by atoms with Gasteiger partial charge >= 0.3 is 0 Å². The lowest BCUT2D eigenvalue weighted by Gasteiger charge is -2.22. The molecule has 1 aliphatic heterocycles. The highest BCUT2D eigenvalue weighted by atomic mass is 16.6. The van der Waals surface area contributed by atoms with Gasteiger partial charge in [0.2, 0.25) is 0 Å². The number of hydrogen-bond acceptors (Lipinski definition) is 4. The minimum Gasteiger partial charge on any atom is -0.493 e. The Hall–Kier alpha value is -2.82. The van der Waals surface area contributed by atoms with Gasteiger partial charge in [-0.3, -0.25) is 0 Å². The molecule has 1 unspecified atom stereocenters. The number of epoxide rings is 1. The highest BCUT2D eigenvalue weighted by Crippen LogP contribution is 2.41. The minimum absolute atomic E-state index is 0.0968. The summed E-state index contributed by atoms with van der Waals surface area (Å²) in [5, 5.41) is 11.5. The molecular weight excluding hydrogens is 400 g/mol. The monoisotopic (exact) mass is 434 g/mol. The van der Waals surface area contributed by atoms with Crippen molar-refractivity contribution in [3.63, 3.8) is 0 Å². The Morgan fingerprint density at radius 2 is 1.34 bits per heavy atom. The predicted octanol–water partition coefficient (Wildman–Crippen LogP) is 5.29. The van der Waals surface area contributed by atoms with E-state index in [1.54, 1.807) is 0 Å². The number of benzene rings is 2. The molecule has 4 heteroatoms. The van der Waals surface area contributed by atoms with Gasteiger partial charge in [0.1, 0.15) is 24.2 Å². The molecule has 0 amide bonds. The van der Waals surface area contributed by atoms with Crippen LogP contribution >= 0.6 is 0 Å².